The summed E-state index contributed by atoms with van der Waals surface area (Å²) in [4.78, 5) is 2.28. The number of ether oxygens (including phenoxy) is 1. The molecule has 0 aromatic heterocycles. The van der Waals surface area contributed by atoms with Crippen LogP contribution in [0.4, 0.5) is 10.1 Å². The zero-order valence-corrected chi connectivity index (χ0v) is 15.8. The molecule has 0 saturated carbocycles. The lowest BCUT2D eigenvalue weighted by Crippen LogP contribution is -2.48. The van der Waals surface area contributed by atoms with Crippen molar-refractivity contribution in [1.29, 1.82) is 0 Å². The first-order chi connectivity index (χ1) is 12.5. The predicted molar refractivity (Wildman–Crippen MR) is 99.7 cm³/mol. The van der Waals surface area contributed by atoms with Gasteiger partial charge in [-0.1, -0.05) is 13.0 Å². The molecule has 0 atom stereocenters. The van der Waals surface area contributed by atoms with Crippen molar-refractivity contribution < 1.29 is 17.5 Å². The van der Waals surface area contributed by atoms with Crippen LogP contribution in [-0.2, 0) is 16.4 Å². The van der Waals surface area contributed by atoms with Crippen LogP contribution in [-0.4, -0.2) is 46.0 Å². The Morgan fingerprint density at radius 2 is 1.69 bits per heavy atom. The fourth-order valence-corrected chi connectivity index (χ4v) is 4.75. The maximum Gasteiger partial charge on any atom is 0.246 e. The zero-order chi connectivity index (χ0) is 18.7. The van der Waals surface area contributed by atoms with Crippen LogP contribution in [0.5, 0.6) is 5.75 Å². The highest BCUT2D eigenvalue weighted by Gasteiger charge is 2.31. The minimum atomic E-state index is -3.63. The highest BCUT2D eigenvalue weighted by molar-refractivity contribution is 7.89. The van der Waals surface area contributed by atoms with Gasteiger partial charge in [0.15, 0.2) is 0 Å². The van der Waals surface area contributed by atoms with E-state index in [1.807, 2.05) is 13.0 Å². The second kappa shape index (κ2) is 7.63. The van der Waals surface area contributed by atoms with E-state index in [0.717, 1.165) is 17.7 Å². The molecule has 0 spiro atoms. The summed E-state index contributed by atoms with van der Waals surface area (Å²) >= 11 is 0. The largest absolute Gasteiger partial charge is 0.495 e. The molecule has 0 amide bonds. The fourth-order valence-electron chi connectivity index (χ4n) is 3.12. The van der Waals surface area contributed by atoms with Gasteiger partial charge in [-0.3, -0.25) is 0 Å². The van der Waals surface area contributed by atoms with Crippen molar-refractivity contribution in [3.05, 3.63) is 53.8 Å². The molecular formula is C19H23FN2O3S. The molecule has 1 heterocycles. The summed E-state index contributed by atoms with van der Waals surface area (Å²) in [5, 5.41) is 0. The lowest BCUT2D eigenvalue weighted by molar-refractivity contribution is 0.374. The number of hydrogen-bond acceptors (Lipinski definition) is 4. The van der Waals surface area contributed by atoms with E-state index in [9.17, 15) is 12.8 Å². The van der Waals surface area contributed by atoms with Crippen LogP contribution in [0.25, 0.3) is 0 Å². The Bertz CT molecular complexity index is 861. The number of piperazine rings is 1. The SMILES string of the molecule is CCc1ccc(OC)c(S(=O)(=O)N2CCN(c3ccc(F)cc3)CC2)c1. The van der Waals surface area contributed by atoms with Crippen molar-refractivity contribution in [2.75, 3.05) is 38.2 Å². The molecule has 5 nitrogen and oxygen atoms in total. The third kappa shape index (κ3) is 3.68. The molecule has 1 aliphatic rings. The molecule has 1 aliphatic heterocycles. The number of benzene rings is 2. The molecule has 0 bridgehead atoms. The van der Waals surface area contributed by atoms with Crippen molar-refractivity contribution in [3.63, 3.8) is 0 Å². The molecule has 140 valence electrons. The lowest BCUT2D eigenvalue weighted by atomic mass is 10.2. The predicted octanol–water partition coefficient (Wildman–Crippen LogP) is 2.91. The van der Waals surface area contributed by atoms with Gasteiger partial charge in [0.05, 0.1) is 7.11 Å². The van der Waals surface area contributed by atoms with Gasteiger partial charge in [0, 0.05) is 31.9 Å². The number of aryl methyl sites for hydroxylation is 1. The maximum absolute atomic E-state index is 13.1. The van der Waals surface area contributed by atoms with E-state index in [-0.39, 0.29) is 10.7 Å². The average Bonchev–Trinajstić information content (AvgIpc) is 2.68. The van der Waals surface area contributed by atoms with Gasteiger partial charge < -0.3 is 9.64 Å². The van der Waals surface area contributed by atoms with Crippen LogP contribution >= 0.6 is 0 Å². The molecular weight excluding hydrogens is 355 g/mol. The van der Waals surface area contributed by atoms with Gasteiger partial charge in [-0.05, 0) is 48.4 Å². The van der Waals surface area contributed by atoms with Gasteiger partial charge in [0.25, 0.3) is 0 Å². The molecule has 0 N–H and O–H groups in total. The Kier molecular flexibility index (Phi) is 5.48. The summed E-state index contributed by atoms with van der Waals surface area (Å²) in [6.07, 6.45) is 0.755. The number of halogens is 1. The lowest BCUT2D eigenvalue weighted by Gasteiger charge is -2.35. The number of anilines is 1. The van der Waals surface area contributed by atoms with Crippen molar-refractivity contribution >= 4 is 15.7 Å². The Morgan fingerprint density at radius 3 is 2.27 bits per heavy atom. The number of methoxy groups -OCH3 is 1. The Morgan fingerprint density at radius 1 is 1.04 bits per heavy atom. The molecule has 0 aliphatic carbocycles. The highest BCUT2D eigenvalue weighted by atomic mass is 32.2. The number of nitrogens with zero attached hydrogens (tertiary/aromatic N) is 2. The molecule has 0 unspecified atom stereocenters. The Hall–Kier alpha value is -2.12. The smallest absolute Gasteiger partial charge is 0.246 e. The quantitative estimate of drug-likeness (QED) is 0.803. The minimum Gasteiger partial charge on any atom is -0.495 e. The molecule has 1 saturated heterocycles. The second-order valence-electron chi connectivity index (χ2n) is 6.21. The fraction of sp³-hybridized carbons (Fsp3) is 0.368. The molecule has 1 fully saturated rings. The van der Waals surface area contributed by atoms with Gasteiger partial charge >= 0.3 is 0 Å². The van der Waals surface area contributed by atoms with Crippen LogP contribution < -0.4 is 9.64 Å². The topological polar surface area (TPSA) is 49.9 Å². The second-order valence-corrected chi connectivity index (χ2v) is 8.11. The van der Waals surface area contributed by atoms with Crippen LogP contribution in [0.2, 0.25) is 0 Å². The molecule has 26 heavy (non-hydrogen) atoms. The van der Waals surface area contributed by atoms with E-state index in [1.54, 1.807) is 24.3 Å². The van der Waals surface area contributed by atoms with E-state index < -0.39 is 10.0 Å². The number of hydrogen-bond donors (Lipinski definition) is 0. The third-order valence-corrected chi connectivity index (χ3v) is 6.60. The summed E-state index contributed by atoms with van der Waals surface area (Å²) in [5.74, 6) is 0.0843. The number of sulfonamides is 1. The summed E-state index contributed by atoms with van der Waals surface area (Å²) in [5.41, 5.74) is 1.85. The van der Waals surface area contributed by atoms with E-state index >= 15 is 0 Å². The molecule has 3 rings (SSSR count). The molecule has 2 aromatic carbocycles. The molecule has 7 heteroatoms. The van der Waals surface area contributed by atoms with Crippen molar-refractivity contribution in [3.8, 4) is 5.75 Å². The first kappa shape index (κ1) is 18.7. The first-order valence-corrected chi connectivity index (χ1v) is 10.1. The Balaban J connectivity index is 1.79. The minimum absolute atomic E-state index is 0.217. The molecule has 0 radical (unpaired) electrons. The van der Waals surface area contributed by atoms with Crippen LogP contribution in [0.15, 0.2) is 47.4 Å². The van der Waals surface area contributed by atoms with Crippen molar-refractivity contribution in [2.24, 2.45) is 0 Å². The first-order valence-electron chi connectivity index (χ1n) is 8.63. The van der Waals surface area contributed by atoms with Crippen LogP contribution in [0.3, 0.4) is 0 Å². The van der Waals surface area contributed by atoms with Crippen LogP contribution in [0.1, 0.15) is 12.5 Å². The van der Waals surface area contributed by atoms with Crippen LogP contribution in [0, 0.1) is 5.82 Å². The molecule has 2 aromatic rings. The number of rotatable bonds is 5. The van der Waals surface area contributed by atoms with E-state index in [1.165, 1.54) is 23.5 Å². The van der Waals surface area contributed by atoms with Crippen molar-refractivity contribution in [1.82, 2.24) is 4.31 Å². The van der Waals surface area contributed by atoms with E-state index in [4.69, 9.17) is 4.74 Å². The highest BCUT2D eigenvalue weighted by Crippen LogP contribution is 2.29. The average molecular weight is 378 g/mol. The summed E-state index contributed by atoms with van der Waals surface area (Å²) in [6, 6.07) is 11.5. The summed E-state index contributed by atoms with van der Waals surface area (Å²) in [6.45, 7) is 3.85. The van der Waals surface area contributed by atoms with Gasteiger partial charge in [-0.2, -0.15) is 4.31 Å². The monoisotopic (exact) mass is 378 g/mol. The summed E-state index contributed by atoms with van der Waals surface area (Å²) in [7, 11) is -2.15. The van der Waals surface area contributed by atoms with Gasteiger partial charge in [-0.25, -0.2) is 12.8 Å². The Labute approximate surface area is 154 Å². The van der Waals surface area contributed by atoms with E-state index in [2.05, 4.69) is 4.90 Å². The third-order valence-electron chi connectivity index (χ3n) is 4.68. The maximum atomic E-state index is 13.1. The standard InChI is InChI=1S/C19H23FN2O3S/c1-3-15-4-9-18(25-2)19(14-15)26(23,24)22-12-10-21(11-13-22)17-7-5-16(20)6-8-17/h4-9,14H,3,10-13H2,1-2H3. The summed E-state index contributed by atoms with van der Waals surface area (Å²) < 4.78 is 46.0. The van der Waals surface area contributed by atoms with Gasteiger partial charge in [0.1, 0.15) is 16.5 Å². The normalized spacial score (nSPS) is 15.9. The van der Waals surface area contributed by atoms with Gasteiger partial charge in [0.2, 0.25) is 10.0 Å². The zero-order valence-electron chi connectivity index (χ0n) is 15.0. The van der Waals surface area contributed by atoms with Crippen molar-refractivity contribution in [2.45, 2.75) is 18.2 Å². The van der Waals surface area contributed by atoms with Gasteiger partial charge in [-0.15, -0.1) is 0 Å². The van der Waals surface area contributed by atoms with E-state index in [0.29, 0.717) is 31.9 Å².